The lowest BCUT2D eigenvalue weighted by atomic mass is 10.2. The number of anilines is 1. The third-order valence-corrected chi connectivity index (χ3v) is 5.89. The van der Waals surface area contributed by atoms with Crippen molar-refractivity contribution in [1.82, 2.24) is 4.98 Å². The second-order valence-corrected chi connectivity index (χ2v) is 7.57. The predicted octanol–water partition coefficient (Wildman–Crippen LogP) is 4.06. The SMILES string of the molecule is Cc1ccc(Cl)c2sc(NS(=O)(=O)c3ccccc3)nc12. The number of sulfonamides is 1. The van der Waals surface area contributed by atoms with Crippen LogP contribution in [0.3, 0.4) is 0 Å². The van der Waals surface area contributed by atoms with Crippen molar-refractivity contribution >= 4 is 48.3 Å². The summed E-state index contributed by atoms with van der Waals surface area (Å²) in [4.78, 5) is 4.53. The zero-order valence-corrected chi connectivity index (χ0v) is 13.4. The van der Waals surface area contributed by atoms with E-state index in [2.05, 4.69) is 9.71 Å². The van der Waals surface area contributed by atoms with Crippen molar-refractivity contribution in [3.8, 4) is 0 Å². The van der Waals surface area contributed by atoms with Crippen LogP contribution in [0.2, 0.25) is 5.02 Å². The molecular formula is C14H11ClN2O2S2. The molecule has 1 N–H and O–H groups in total. The van der Waals surface area contributed by atoms with Gasteiger partial charge in [-0.05, 0) is 30.7 Å². The first-order valence-corrected chi connectivity index (χ1v) is 8.79. The number of aryl methyl sites for hydroxylation is 1. The van der Waals surface area contributed by atoms with Gasteiger partial charge in [-0.2, -0.15) is 0 Å². The number of rotatable bonds is 3. The Kier molecular flexibility index (Phi) is 3.61. The van der Waals surface area contributed by atoms with Gasteiger partial charge in [0, 0.05) is 0 Å². The van der Waals surface area contributed by atoms with Gasteiger partial charge in [-0.25, -0.2) is 13.4 Å². The second-order valence-electron chi connectivity index (χ2n) is 4.48. The Labute approximate surface area is 131 Å². The minimum absolute atomic E-state index is 0.201. The molecule has 0 saturated heterocycles. The molecule has 7 heteroatoms. The molecule has 3 aromatic rings. The molecule has 21 heavy (non-hydrogen) atoms. The fourth-order valence-corrected chi connectivity index (χ4v) is 4.39. The average molecular weight is 339 g/mol. The quantitative estimate of drug-likeness (QED) is 0.783. The normalized spacial score (nSPS) is 11.7. The van der Waals surface area contributed by atoms with E-state index in [0.717, 1.165) is 15.8 Å². The van der Waals surface area contributed by atoms with E-state index in [9.17, 15) is 8.42 Å². The van der Waals surface area contributed by atoms with E-state index in [4.69, 9.17) is 11.6 Å². The van der Waals surface area contributed by atoms with Crippen molar-refractivity contribution < 1.29 is 8.42 Å². The Hall–Kier alpha value is -1.63. The van der Waals surface area contributed by atoms with Gasteiger partial charge in [0.15, 0.2) is 5.13 Å². The van der Waals surface area contributed by atoms with Gasteiger partial charge in [0.2, 0.25) is 0 Å². The molecule has 0 fully saturated rings. The molecule has 0 amide bonds. The van der Waals surface area contributed by atoms with Crippen molar-refractivity contribution in [2.45, 2.75) is 11.8 Å². The number of fused-ring (bicyclic) bond motifs is 1. The zero-order valence-electron chi connectivity index (χ0n) is 11.0. The van der Waals surface area contributed by atoms with E-state index in [1.807, 2.05) is 13.0 Å². The Bertz CT molecular complexity index is 866. The first-order chi connectivity index (χ1) is 9.97. The van der Waals surface area contributed by atoms with Crippen molar-refractivity contribution in [2.24, 2.45) is 0 Å². The van der Waals surface area contributed by atoms with E-state index >= 15 is 0 Å². The number of benzene rings is 2. The first kappa shape index (κ1) is 14.3. The minimum atomic E-state index is -3.63. The summed E-state index contributed by atoms with van der Waals surface area (Å²) in [6.07, 6.45) is 0. The highest BCUT2D eigenvalue weighted by Crippen LogP contribution is 2.34. The predicted molar refractivity (Wildman–Crippen MR) is 86.6 cm³/mol. The number of nitrogens with one attached hydrogen (secondary N) is 1. The second kappa shape index (κ2) is 5.29. The van der Waals surface area contributed by atoms with Crippen LogP contribution in [0.4, 0.5) is 5.13 Å². The molecule has 0 atom stereocenters. The Morgan fingerprint density at radius 3 is 2.52 bits per heavy atom. The topological polar surface area (TPSA) is 59.1 Å². The summed E-state index contributed by atoms with van der Waals surface area (Å²) in [5, 5.41) is 0.878. The van der Waals surface area contributed by atoms with Crippen LogP contribution < -0.4 is 4.72 Å². The molecule has 1 aromatic heterocycles. The molecular weight excluding hydrogens is 328 g/mol. The highest BCUT2D eigenvalue weighted by atomic mass is 35.5. The summed E-state index contributed by atoms with van der Waals surface area (Å²) in [5.74, 6) is 0. The Morgan fingerprint density at radius 2 is 1.86 bits per heavy atom. The average Bonchev–Trinajstić information content (AvgIpc) is 2.88. The van der Waals surface area contributed by atoms with E-state index in [1.54, 1.807) is 24.3 Å². The first-order valence-electron chi connectivity index (χ1n) is 6.11. The third kappa shape index (κ3) is 2.74. The zero-order chi connectivity index (χ0) is 15.0. The van der Waals surface area contributed by atoms with Gasteiger partial charge in [0.05, 0.1) is 20.1 Å². The van der Waals surface area contributed by atoms with Crippen LogP contribution in [0, 0.1) is 6.92 Å². The van der Waals surface area contributed by atoms with E-state index < -0.39 is 10.0 Å². The molecule has 0 bridgehead atoms. The van der Waals surface area contributed by atoms with E-state index in [0.29, 0.717) is 10.2 Å². The van der Waals surface area contributed by atoms with Crippen LogP contribution in [-0.4, -0.2) is 13.4 Å². The molecule has 0 radical (unpaired) electrons. The van der Waals surface area contributed by atoms with E-state index in [1.165, 1.54) is 23.5 Å². The van der Waals surface area contributed by atoms with Crippen molar-refractivity contribution in [3.63, 3.8) is 0 Å². The lowest BCUT2D eigenvalue weighted by Crippen LogP contribution is -2.12. The van der Waals surface area contributed by atoms with Crippen molar-refractivity contribution in [1.29, 1.82) is 0 Å². The maximum atomic E-state index is 12.3. The van der Waals surface area contributed by atoms with Crippen LogP contribution in [0.5, 0.6) is 0 Å². The summed E-state index contributed by atoms with van der Waals surface area (Å²) in [6, 6.07) is 11.8. The van der Waals surface area contributed by atoms with Crippen LogP contribution in [-0.2, 0) is 10.0 Å². The van der Waals surface area contributed by atoms with Crippen molar-refractivity contribution in [3.05, 3.63) is 53.1 Å². The molecule has 3 rings (SSSR count). The molecule has 0 spiro atoms. The lowest BCUT2D eigenvalue weighted by Gasteiger charge is -2.03. The maximum absolute atomic E-state index is 12.3. The van der Waals surface area contributed by atoms with Crippen molar-refractivity contribution in [2.75, 3.05) is 4.72 Å². The lowest BCUT2D eigenvalue weighted by molar-refractivity contribution is 0.601. The van der Waals surface area contributed by atoms with Crippen LogP contribution >= 0.6 is 22.9 Å². The fourth-order valence-electron chi connectivity index (χ4n) is 1.92. The Morgan fingerprint density at radius 1 is 1.14 bits per heavy atom. The summed E-state index contributed by atoms with van der Waals surface area (Å²) in [5.41, 5.74) is 1.68. The highest BCUT2D eigenvalue weighted by molar-refractivity contribution is 7.93. The van der Waals surface area contributed by atoms with Gasteiger partial charge in [0.1, 0.15) is 0 Å². The molecule has 4 nitrogen and oxygen atoms in total. The van der Waals surface area contributed by atoms with Gasteiger partial charge >= 0.3 is 0 Å². The molecule has 0 saturated carbocycles. The summed E-state index contributed by atoms with van der Waals surface area (Å²) in [6.45, 7) is 1.91. The largest absolute Gasteiger partial charge is 0.263 e. The molecule has 2 aromatic carbocycles. The van der Waals surface area contributed by atoms with Gasteiger partial charge in [0.25, 0.3) is 10.0 Å². The standard InChI is InChI=1S/C14H11ClN2O2S2/c1-9-7-8-11(15)13-12(9)16-14(20-13)17-21(18,19)10-5-3-2-4-6-10/h2-8H,1H3,(H,16,17). The molecule has 0 unspecified atom stereocenters. The molecule has 0 aliphatic rings. The smallest absolute Gasteiger partial charge is 0.255 e. The summed E-state index contributed by atoms with van der Waals surface area (Å²) >= 11 is 7.35. The van der Waals surface area contributed by atoms with Crippen LogP contribution in [0.15, 0.2) is 47.4 Å². The van der Waals surface area contributed by atoms with Gasteiger partial charge < -0.3 is 0 Å². The van der Waals surface area contributed by atoms with E-state index in [-0.39, 0.29) is 4.90 Å². The fraction of sp³-hybridized carbons (Fsp3) is 0.0714. The summed E-state index contributed by atoms with van der Waals surface area (Å²) in [7, 11) is -3.63. The number of thiazole rings is 1. The monoisotopic (exact) mass is 338 g/mol. The minimum Gasteiger partial charge on any atom is -0.255 e. The number of hydrogen-bond donors (Lipinski definition) is 1. The highest BCUT2D eigenvalue weighted by Gasteiger charge is 2.17. The molecule has 1 heterocycles. The van der Waals surface area contributed by atoms with Gasteiger partial charge in [-0.3, -0.25) is 4.72 Å². The van der Waals surface area contributed by atoms with Gasteiger partial charge in [-0.15, -0.1) is 0 Å². The molecule has 0 aliphatic carbocycles. The van der Waals surface area contributed by atoms with Crippen LogP contribution in [0.25, 0.3) is 10.2 Å². The van der Waals surface area contributed by atoms with Gasteiger partial charge in [-0.1, -0.05) is 47.2 Å². The number of nitrogens with zero attached hydrogens (tertiary/aromatic N) is 1. The number of aromatic nitrogens is 1. The third-order valence-electron chi connectivity index (χ3n) is 2.97. The molecule has 0 aliphatic heterocycles. The molecule has 108 valence electrons. The maximum Gasteiger partial charge on any atom is 0.263 e. The number of halogens is 1. The number of hydrogen-bond acceptors (Lipinski definition) is 4. The Balaban J connectivity index is 2.03. The van der Waals surface area contributed by atoms with Crippen LogP contribution in [0.1, 0.15) is 5.56 Å². The summed E-state index contributed by atoms with van der Waals surface area (Å²) < 4.78 is 27.8.